The van der Waals surface area contributed by atoms with E-state index in [4.69, 9.17) is 4.98 Å². The van der Waals surface area contributed by atoms with Gasteiger partial charge >= 0.3 is 5.97 Å². The Balaban J connectivity index is 1.69. The number of rotatable bonds is 5. The summed E-state index contributed by atoms with van der Waals surface area (Å²) in [6, 6.07) is 11.6. The first kappa shape index (κ1) is 18.9. The number of aryl methyl sites for hydroxylation is 2. The lowest BCUT2D eigenvalue weighted by Gasteiger charge is -2.46. The second kappa shape index (κ2) is 7.53. The van der Waals surface area contributed by atoms with E-state index in [9.17, 15) is 20.1 Å². The van der Waals surface area contributed by atoms with Crippen molar-refractivity contribution in [1.29, 1.82) is 0 Å². The normalized spacial score (nSPS) is 24.2. The van der Waals surface area contributed by atoms with E-state index in [1.807, 2.05) is 35.2 Å². The maximum atomic E-state index is 11.9. The molecule has 2 heterocycles. The molecule has 1 aliphatic carbocycles. The number of carbonyl (C=O) groups is 1. The number of carboxylic acids is 1. The van der Waals surface area contributed by atoms with Gasteiger partial charge in [0.05, 0.1) is 12.7 Å². The van der Waals surface area contributed by atoms with Crippen LogP contribution >= 0.6 is 0 Å². The molecule has 2 aliphatic rings. The van der Waals surface area contributed by atoms with Crippen molar-refractivity contribution in [3.8, 4) is 0 Å². The molecular weight excluding hydrogens is 356 g/mol. The summed E-state index contributed by atoms with van der Waals surface area (Å²) >= 11 is 0. The average molecular weight is 382 g/mol. The predicted octanol–water partition coefficient (Wildman–Crippen LogP) is 2.06. The number of aromatic nitrogens is 1. The lowest BCUT2D eigenvalue weighted by molar-refractivity contribution is -0.0293. The largest absolute Gasteiger partial charge is 0.478 e. The third-order valence-corrected chi connectivity index (χ3v) is 6.16. The van der Waals surface area contributed by atoms with Gasteiger partial charge < -0.3 is 20.2 Å². The molecule has 3 N–H and O–H groups in total. The van der Waals surface area contributed by atoms with E-state index in [0.717, 1.165) is 36.1 Å². The van der Waals surface area contributed by atoms with Gasteiger partial charge in [0.2, 0.25) is 0 Å². The molecule has 28 heavy (non-hydrogen) atoms. The average Bonchev–Trinajstić information content (AvgIpc) is 3.17. The SMILES string of the molecule is O=C(O)c1cc2c(nc1N1CC[C@@H](O)[C@@](CO)(Cc3ccccc3)C1)CCC2. The number of nitrogens with zero attached hydrogens (tertiary/aromatic N) is 2. The summed E-state index contributed by atoms with van der Waals surface area (Å²) in [6.45, 7) is 0.711. The predicted molar refractivity (Wildman–Crippen MR) is 106 cm³/mol. The molecule has 2 atom stereocenters. The highest BCUT2D eigenvalue weighted by Gasteiger charge is 2.43. The van der Waals surface area contributed by atoms with Crippen molar-refractivity contribution in [2.45, 2.75) is 38.2 Å². The number of aliphatic hydroxyl groups excluding tert-OH is 2. The number of benzene rings is 1. The Bertz CT molecular complexity index is 870. The first-order valence-corrected chi connectivity index (χ1v) is 9.86. The van der Waals surface area contributed by atoms with Crippen LogP contribution in [0.4, 0.5) is 5.82 Å². The fraction of sp³-hybridized carbons (Fsp3) is 0.455. The van der Waals surface area contributed by atoms with Crippen molar-refractivity contribution in [3.05, 3.63) is 58.8 Å². The van der Waals surface area contributed by atoms with Gasteiger partial charge in [0.1, 0.15) is 11.4 Å². The molecule has 0 amide bonds. The molecule has 4 rings (SSSR count). The van der Waals surface area contributed by atoms with Gasteiger partial charge in [-0.1, -0.05) is 30.3 Å². The Morgan fingerprint density at radius 2 is 2.04 bits per heavy atom. The second-order valence-corrected chi connectivity index (χ2v) is 8.03. The van der Waals surface area contributed by atoms with Gasteiger partial charge in [-0.05, 0) is 49.3 Å². The molecule has 2 aromatic rings. The molecule has 0 radical (unpaired) electrons. The summed E-state index contributed by atoms with van der Waals surface area (Å²) < 4.78 is 0. The fourth-order valence-corrected chi connectivity index (χ4v) is 4.58. The molecule has 1 fully saturated rings. The van der Waals surface area contributed by atoms with E-state index >= 15 is 0 Å². The van der Waals surface area contributed by atoms with Crippen molar-refractivity contribution in [2.75, 3.05) is 24.6 Å². The van der Waals surface area contributed by atoms with Crippen molar-refractivity contribution >= 4 is 11.8 Å². The van der Waals surface area contributed by atoms with Crippen LogP contribution in [-0.4, -0.2) is 52.1 Å². The van der Waals surface area contributed by atoms with Crippen molar-refractivity contribution < 1.29 is 20.1 Å². The number of fused-ring (bicyclic) bond motifs is 1. The van der Waals surface area contributed by atoms with Gasteiger partial charge in [-0.2, -0.15) is 0 Å². The minimum atomic E-state index is -0.985. The third-order valence-electron chi connectivity index (χ3n) is 6.16. The first-order chi connectivity index (χ1) is 13.5. The van der Waals surface area contributed by atoms with Crippen LogP contribution in [0.25, 0.3) is 0 Å². The van der Waals surface area contributed by atoms with E-state index in [1.54, 1.807) is 6.07 Å². The van der Waals surface area contributed by atoms with E-state index in [1.165, 1.54) is 0 Å². The van der Waals surface area contributed by atoms with Gasteiger partial charge in [-0.15, -0.1) is 0 Å². The number of aliphatic hydroxyl groups is 2. The van der Waals surface area contributed by atoms with Gasteiger partial charge in [0.25, 0.3) is 0 Å². The zero-order valence-electron chi connectivity index (χ0n) is 15.8. The zero-order valence-corrected chi connectivity index (χ0v) is 15.8. The second-order valence-electron chi connectivity index (χ2n) is 8.03. The lowest BCUT2D eigenvalue weighted by Crippen LogP contribution is -2.55. The van der Waals surface area contributed by atoms with Crippen LogP contribution in [0.1, 0.15) is 40.0 Å². The summed E-state index contributed by atoms with van der Waals surface area (Å²) in [6.07, 6.45) is 3.07. The maximum Gasteiger partial charge on any atom is 0.339 e. The van der Waals surface area contributed by atoms with Crippen molar-refractivity contribution in [2.24, 2.45) is 5.41 Å². The molecule has 0 saturated carbocycles. The minimum absolute atomic E-state index is 0.174. The van der Waals surface area contributed by atoms with E-state index in [2.05, 4.69) is 0 Å². The minimum Gasteiger partial charge on any atom is -0.478 e. The zero-order chi connectivity index (χ0) is 19.7. The molecule has 6 heteroatoms. The van der Waals surface area contributed by atoms with Gasteiger partial charge in [0.15, 0.2) is 0 Å². The Kier molecular flexibility index (Phi) is 5.08. The summed E-state index contributed by atoms with van der Waals surface area (Å²) in [5.41, 5.74) is 2.50. The number of anilines is 1. The van der Waals surface area contributed by atoms with Crippen LogP contribution in [-0.2, 0) is 19.3 Å². The standard InChI is InChI=1S/C22H26N2O4/c25-14-22(12-15-5-2-1-3-6-15)13-24(10-9-19(22)26)20-17(21(27)28)11-16-7-4-8-18(16)23-20/h1-3,5-6,11,19,25-26H,4,7-10,12-14H2,(H,27,28)/t19-,22+/m1/s1. The van der Waals surface area contributed by atoms with Gasteiger partial charge in [-0.25, -0.2) is 9.78 Å². The molecule has 6 nitrogen and oxygen atoms in total. The Labute approximate surface area is 164 Å². The summed E-state index contributed by atoms with van der Waals surface area (Å²) in [7, 11) is 0. The van der Waals surface area contributed by atoms with Gasteiger partial charge in [-0.3, -0.25) is 0 Å². The van der Waals surface area contributed by atoms with Crippen LogP contribution in [0, 0.1) is 5.41 Å². The lowest BCUT2D eigenvalue weighted by atomic mass is 9.73. The highest BCUT2D eigenvalue weighted by molar-refractivity contribution is 5.93. The topological polar surface area (TPSA) is 93.9 Å². The molecule has 1 aromatic carbocycles. The van der Waals surface area contributed by atoms with Crippen LogP contribution in [0.15, 0.2) is 36.4 Å². The maximum absolute atomic E-state index is 11.9. The van der Waals surface area contributed by atoms with E-state index in [0.29, 0.717) is 31.7 Å². The quantitative estimate of drug-likeness (QED) is 0.733. The molecule has 0 unspecified atom stereocenters. The molecule has 1 aromatic heterocycles. The molecular formula is C22H26N2O4. The summed E-state index contributed by atoms with van der Waals surface area (Å²) in [4.78, 5) is 18.5. The highest BCUT2D eigenvalue weighted by atomic mass is 16.4. The number of aromatic carboxylic acids is 1. The van der Waals surface area contributed by atoms with Crippen LogP contribution in [0.3, 0.4) is 0 Å². The number of hydrogen-bond acceptors (Lipinski definition) is 5. The van der Waals surface area contributed by atoms with E-state index < -0.39 is 17.5 Å². The van der Waals surface area contributed by atoms with Crippen LogP contribution < -0.4 is 4.90 Å². The number of pyridine rings is 1. The number of piperidine rings is 1. The van der Waals surface area contributed by atoms with Crippen LogP contribution in [0.5, 0.6) is 0 Å². The van der Waals surface area contributed by atoms with Crippen molar-refractivity contribution in [1.82, 2.24) is 4.98 Å². The molecule has 0 spiro atoms. The van der Waals surface area contributed by atoms with E-state index in [-0.39, 0.29) is 12.2 Å². The first-order valence-electron chi connectivity index (χ1n) is 9.86. The van der Waals surface area contributed by atoms with Crippen LogP contribution in [0.2, 0.25) is 0 Å². The number of carboxylic acid groups (broad SMARTS) is 1. The Morgan fingerprint density at radius 3 is 2.75 bits per heavy atom. The summed E-state index contributed by atoms with van der Waals surface area (Å²) in [5, 5.41) is 30.7. The number of hydrogen-bond donors (Lipinski definition) is 3. The van der Waals surface area contributed by atoms with Crippen molar-refractivity contribution in [3.63, 3.8) is 0 Å². The molecule has 148 valence electrons. The smallest absolute Gasteiger partial charge is 0.339 e. The monoisotopic (exact) mass is 382 g/mol. The molecule has 0 bridgehead atoms. The summed E-state index contributed by atoms with van der Waals surface area (Å²) in [5.74, 6) is -0.521. The van der Waals surface area contributed by atoms with Gasteiger partial charge in [0, 0.05) is 24.2 Å². The fourth-order valence-electron chi connectivity index (χ4n) is 4.58. The Hall–Kier alpha value is -2.44. The third kappa shape index (κ3) is 3.38. The Morgan fingerprint density at radius 1 is 1.25 bits per heavy atom. The molecule has 1 aliphatic heterocycles. The molecule has 1 saturated heterocycles. The highest BCUT2D eigenvalue weighted by Crippen LogP contribution is 2.37.